The minimum absolute atomic E-state index is 0.218. The Morgan fingerprint density at radius 2 is 1.87 bits per heavy atom. The molecule has 120 valence electrons. The van der Waals surface area contributed by atoms with Gasteiger partial charge in [-0.05, 0) is 24.1 Å². The summed E-state index contributed by atoms with van der Waals surface area (Å²) in [5.41, 5.74) is 1.78. The Hall–Kier alpha value is -2.89. The topological polar surface area (TPSA) is 77.4 Å². The van der Waals surface area contributed by atoms with Crippen molar-refractivity contribution in [1.82, 2.24) is 9.88 Å². The second-order valence-corrected chi connectivity index (χ2v) is 5.03. The van der Waals surface area contributed by atoms with Crippen LogP contribution in [0.15, 0.2) is 53.5 Å². The minimum atomic E-state index is -0.635. The van der Waals surface area contributed by atoms with Crippen molar-refractivity contribution in [2.45, 2.75) is 20.0 Å². The highest BCUT2D eigenvalue weighted by molar-refractivity contribution is 5.80. The molecule has 6 nitrogen and oxygen atoms in total. The summed E-state index contributed by atoms with van der Waals surface area (Å²) in [6.07, 6.45) is 1.49. The SMILES string of the molecule is Cc1ccccc1CNC(=O)COC(=O)Cn1ccccc1=O. The van der Waals surface area contributed by atoms with Crippen molar-refractivity contribution >= 4 is 11.9 Å². The Labute approximate surface area is 133 Å². The van der Waals surface area contributed by atoms with Crippen LogP contribution in [0.2, 0.25) is 0 Å². The summed E-state index contributed by atoms with van der Waals surface area (Å²) in [5, 5.41) is 2.69. The van der Waals surface area contributed by atoms with Gasteiger partial charge in [-0.1, -0.05) is 30.3 Å². The van der Waals surface area contributed by atoms with Gasteiger partial charge >= 0.3 is 5.97 Å². The van der Waals surface area contributed by atoms with Crippen LogP contribution in [-0.2, 0) is 27.4 Å². The molecule has 0 unspecified atom stereocenters. The number of pyridine rings is 1. The van der Waals surface area contributed by atoms with Crippen molar-refractivity contribution in [3.63, 3.8) is 0 Å². The van der Waals surface area contributed by atoms with Crippen LogP contribution in [0.25, 0.3) is 0 Å². The number of nitrogens with zero attached hydrogens (tertiary/aromatic N) is 1. The third-order valence-corrected chi connectivity index (χ3v) is 3.30. The van der Waals surface area contributed by atoms with E-state index in [0.717, 1.165) is 11.1 Å². The molecular formula is C17H18N2O4. The molecule has 6 heteroatoms. The van der Waals surface area contributed by atoms with Gasteiger partial charge in [0.1, 0.15) is 6.54 Å². The summed E-state index contributed by atoms with van der Waals surface area (Å²) in [4.78, 5) is 34.8. The molecule has 23 heavy (non-hydrogen) atoms. The molecule has 1 aromatic carbocycles. The number of carbonyl (C=O) groups excluding carboxylic acids is 2. The average Bonchev–Trinajstić information content (AvgIpc) is 2.54. The van der Waals surface area contributed by atoms with Crippen molar-refractivity contribution in [1.29, 1.82) is 0 Å². The lowest BCUT2D eigenvalue weighted by atomic mass is 10.1. The standard InChI is InChI=1S/C17H18N2O4/c1-13-6-2-3-7-14(13)10-18-15(20)12-23-17(22)11-19-9-5-4-8-16(19)21/h2-9H,10-12H2,1H3,(H,18,20). The maximum absolute atomic E-state index is 11.7. The highest BCUT2D eigenvalue weighted by atomic mass is 16.5. The van der Waals surface area contributed by atoms with Gasteiger partial charge in [0.2, 0.25) is 0 Å². The highest BCUT2D eigenvalue weighted by Crippen LogP contribution is 2.05. The quantitative estimate of drug-likeness (QED) is 0.808. The Morgan fingerprint density at radius 1 is 1.13 bits per heavy atom. The summed E-state index contributed by atoms with van der Waals surface area (Å²) in [5.74, 6) is -1.02. The average molecular weight is 314 g/mol. The predicted molar refractivity (Wildman–Crippen MR) is 84.7 cm³/mol. The molecule has 1 aromatic heterocycles. The van der Waals surface area contributed by atoms with E-state index in [9.17, 15) is 14.4 Å². The van der Waals surface area contributed by atoms with Gasteiger partial charge in [0.15, 0.2) is 6.61 Å². The number of carbonyl (C=O) groups is 2. The van der Waals surface area contributed by atoms with Crippen molar-refractivity contribution in [2.24, 2.45) is 0 Å². The number of hydrogen-bond acceptors (Lipinski definition) is 4. The van der Waals surface area contributed by atoms with Crippen molar-refractivity contribution in [3.8, 4) is 0 Å². The van der Waals surface area contributed by atoms with Crippen LogP contribution in [0.4, 0.5) is 0 Å². The Morgan fingerprint density at radius 3 is 2.61 bits per heavy atom. The lowest BCUT2D eigenvalue weighted by Gasteiger charge is -2.09. The van der Waals surface area contributed by atoms with Gasteiger partial charge in [0.25, 0.3) is 11.5 Å². The zero-order chi connectivity index (χ0) is 16.7. The van der Waals surface area contributed by atoms with E-state index in [1.807, 2.05) is 31.2 Å². The van der Waals surface area contributed by atoms with Crippen LogP contribution in [0.5, 0.6) is 0 Å². The number of ether oxygens (including phenoxy) is 1. The molecule has 2 aromatic rings. The first-order valence-electron chi connectivity index (χ1n) is 7.18. The number of hydrogen-bond donors (Lipinski definition) is 1. The number of rotatable bonds is 6. The molecule has 0 aliphatic rings. The van der Waals surface area contributed by atoms with E-state index >= 15 is 0 Å². The minimum Gasteiger partial charge on any atom is -0.454 e. The number of amides is 1. The molecule has 0 fully saturated rings. The maximum atomic E-state index is 11.7. The van der Waals surface area contributed by atoms with Crippen LogP contribution in [0, 0.1) is 6.92 Å². The van der Waals surface area contributed by atoms with Gasteiger partial charge in [0, 0.05) is 18.8 Å². The second-order valence-electron chi connectivity index (χ2n) is 5.03. The number of aryl methyl sites for hydroxylation is 1. The zero-order valence-electron chi connectivity index (χ0n) is 12.8. The predicted octanol–water partition coefficient (Wildman–Crippen LogP) is 1.02. The third-order valence-electron chi connectivity index (χ3n) is 3.30. The highest BCUT2D eigenvalue weighted by Gasteiger charge is 2.09. The van der Waals surface area contributed by atoms with Crippen molar-refractivity contribution < 1.29 is 14.3 Å². The molecule has 0 spiro atoms. The summed E-state index contributed by atoms with van der Waals surface area (Å²) in [6, 6.07) is 12.3. The van der Waals surface area contributed by atoms with Gasteiger partial charge in [-0.3, -0.25) is 14.4 Å². The molecule has 0 saturated carbocycles. The summed E-state index contributed by atoms with van der Waals surface area (Å²) >= 11 is 0. The van der Waals surface area contributed by atoms with Crippen LogP contribution in [0.3, 0.4) is 0 Å². The first kappa shape index (κ1) is 16.5. The fourth-order valence-electron chi connectivity index (χ4n) is 1.98. The van der Waals surface area contributed by atoms with Crippen LogP contribution >= 0.6 is 0 Å². The van der Waals surface area contributed by atoms with E-state index in [0.29, 0.717) is 6.54 Å². The first-order valence-corrected chi connectivity index (χ1v) is 7.18. The number of esters is 1. The van der Waals surface area contributed by atoms with Gasteiger partial charge < -0.3 is 14.6 Å². The number of nitrogens with one attached hydrogen (secondary N) is 1. The lowest BCUT2D eigenvalue weighted by Crippen LogP contribution is -2.30. The monoisotopic (exact) mass is 314 g/mol. The smallest absolute Gasteiger partial charge is 0.326 e. The van der Waals surface area contributed by atoms with Gasteiger partial charge in [-0.2, -0.15) is 0 Å². The summed E-state index contributed by atoms with van der Waals surface area (Å²) < 4.78 is 6.09. The lowest BCUT2D eigenvalue weighted by molar-refractivity contribution is -0.149. The normalized spacial score (nSPS) is 10.1. The maximum Gasteiger partial charge on any atom is 0.326 e. The molecule has 0 aliphatic heterocycles. The van der Waals surface area contributed by atoms with Gasteiger partial charge in [-0.25, -0.2) is 0 Å². The molecule has 1 amide bonds. The van der Waals surface area contributed by atoms with Crippen molar-refractivity contribution in [2.75, 3.05) is 6.61 Å². The van der Waals surface area contributed by atoms with Crippen LogP contribution < -0.4 is 10.9 Å². The molecule has 2 rings (SSSR count). The van der Waals surface area contributed by atoms with E-state index in [1.54, 1.807) is 12.1 Å². The van der Waals surface area contributed by atoms with Crippen LogP contribution in [-0.4, -0.2) is 23.1 Å². The van der Waals surface area contributed by atoms with E-state index in [-0.39, 0.29) is 24.6 Å². The van der Waals surface area contributed by atoms with E-state index in [4.69, 9.17) is 4.74 Å². The zero-order valence-corrected chi connectivity index (χ0v) is 12.8. The van der Waals surface area contributed by atoms with E-state index < -0.39 is 5.97 Å². The fraction of sp³-hybridized carbons (Fsp3) is 0.235. The van der Waals surface area contributed by atoms with Crippen molar-refractivity contribution in [3.05, 3.63) is 70.1 Å². The van der Waals surface area contributed by atoms with Gasteiger partial charge in [0.05, 0.1) is 0 Å². The number of benzene rings is 1. The molecule has 0 saturated heterocycles. The molecule has 0 aliphatic carbocycles. The second kappa shape index (κ2) is 7.93. The Kier molecular flexibility index (Phi) is 5.68. The Balaban J connectivity index is 1.76. The van der Waals surface area contributed by atoms with E-state index in [1.165, 1.54) is 16.8 Å². The molecule has 0 atom stereocenters. The fourth-order valence-corrected chi connectivity index (χ4v) is 1.98. The molecular weight excluding hydrogens is 296 g/mol. The van der Waals surface area contributed by atoms with E-state index in [2.05, 4.69) is 5.32 Å². The first-order chi connectivity index (χ1) is 11.1. The molecule has 0 bridgehead atoms. The largest absolute Gasteiger partial charge is 0.454 e. The molecule has 0 radical (unpaired) electrons. The molecule has 1 heterocycles. The summed E-state index contributed by atoms with van der Waals surface area (Å²) in [7, 11) is 0. The number of aromatic nitrogens is 1. The van der Waals surface area contributed by atoms with Gasteiger partial charge in [-0.15, -0.1) is 0 Å². The third kappa shape index (κ3) is 5.10. The molecule has 1 N–H and O–H groups in total. The van der Waals surface area contributed by atoms with Crippen LogP contribution in [0.1, 0.15) is 11.1 Å². The summed E-state index contributed by atoms with van der Waals surface area (Å²) in [6.45, 7) is 1.75. The Bertz CT molecular complexity index is 752.